The molecule has 0 aliphatic rings. The molecule has 0 saturated heterocycles. The Kier molecular flexibility index (Phi) is 5.58. The van der Waals surface area contributed by atoms with Gasteiger partial charge in [0.2, 0.25) is 0 Å². The summed E-state index contributed by atoms with van der Waals surface area (Å²) in [5.41, 5.74) is 1.40. The molecule has 0 unspecified atom stereocenters. The molecule has 18 heavy (non-hydrogen) atoms. The molecule has 1 amide bonds. The van der Waals surface area contributed by atoms with Crippen molar-refractivity contribution in [2.75, 3.05) is 32.1 Å². The zero-order chi connectivity index (χ0) is 13.5. The van der Waals surface area contributed by atoms with Crippen molar-refractivity contribution in [2.45, 2.75) is 20.3 Å². The molecule has 0 saturated carbocycles. The van der Waals surface area contributed by atoms with Crippen LogP contribution in [0.15, 0.2) is 12.1 Å². The lowest BCUT2D eigenvalue weighted by Crippen LogP contribution is -2.34. The van der Waals surface area contributed by atoms with E-state index in [0.29, 0.717) is 24.5 Å². The highest BCUT2D eigenvalue weighted by atomic mass is 16.3. The van der Waals surface area contributed by atoms with Crippen LogP contribution in [0.3, 0.4) is 0 Å². The van der Waals surface area contributed by atoms with E-state index in [1.807, 2.05) is 13.8 Å². The molecule has 1 heterocycles. The lowest BCUT2D eigenvalue weighted by atomic mass is 10.2. The van der Waals surface area contributed by atoms with Crippen molar-refractivity contribution in [3.05, 3.63) is 23.4 Å². The van der Waals surface area contributed by atoms with Crippen LogP contribution < -0.4 is 5.32 Å². The van der Waals surface area contributed by atoms with Crippen LogP contribution >= 0.6 is 0 Å². The summed E-state index contributed by atoms with van der Waals surface area (Å²) in [6, 6.07) is 3.50. The Morgan fingerprint density at radius 2 is 2.17 bits per heavy atom. The third-order valence-electron chi connectivity index (χ3n) is 2.61. The summed E-state index contributed by atoms with van der Waals surface area (Å²) in [4.78, 5) is 18.2. The third kappa shape index (κ3) is 3.70. The standard InChI is InChI=1S/C13H21N3O2/c1-4-5-16(6-7-17)13(18)11-8-10(2)15-12(9-11)14-3/h8-9,17H,4-7H2,1-3H3,(H,14,15). The van der Waals surface area contributed by atoms with E-state index in [4.69, 9.17) is 5.11 Å². The number of pyridine rings is 1. The first-order chi connectivity index (χ1) is 8.62. The molecule has 0 bridgehead atoms. The topological polar surface area (TPSA) is 65.5 Å². The van der Waals surface area contributed by atoms with Gasteiger partial charge in [0.05, 0.1) is 6.61 Å². The van der Waals surface area contributed by atoms with E-state index in [0.717, 1.165) is 12.1 Å². The molecule has 0 spiro atoms. The molecule has 1 aromatic heterocycles. The average Bonchev–Trinajstić information content (AvgIpc) is 2.36. The largest absolute Gasteiger partial charge is 0.395 e. The van der Waals surface area contributed by atoms with Crippen molar-refractivity contribution < 1.29 is 9.90 Å². The van der Waals surface area contributed by atoms with Gasteiger partial charge in [-0.25, -0.2) is 4.98 Å². The number of carbonyl (C=O) groups excluding carboxylic acids is 1. The zero-order valence-electron chi connectivity index (χ0n) is 11.2. The number of anilines is 1. The second kappa shape index (κ2) is 6.96. The van der Waals surface area contributed by atoms with Crippen molar-refractivity contribution in [3.8, 4) is 0 Å². The van der Waals surface area contributed by atoms with Gasteiger partial charge in [0.25, 0.3) is 5.91 Å². The van der Waals surface area contributed by atoms with Crippen molar-refractivity contribution >= 4 is 11.7 Å². The van der Waals surface area contributed by atoms with Crippen LogP contribution in [0.2, 0.25) is 0 Å². The van der Waals surface area contributed by atoms with Crippen LogP contribution in [0.5, 0.6) is 0 Å². The van der Waals surface area contributed by atoms with E-state index < -0.39 is 0 Å². The molecule has 5 nitrogen and oxygen atoms in total. The van der Waals surface area contributed by atoms with Gasteiger partial charge in [-0.2, -0.15) is 0 Å². The van der Waals surface area contributed by atoms with Crippen LogP contribution in [-0.2, 0) is 0 Å². The number of rotatable bonds is 6. The number of carbonyl (C=O) groups is 1. The lowest BCUT2D eigenvalue weighted by molar-refractivity contribution is 0.0722. The Balaban J connectivity index is 2.96. The fourth-order valence-corrected chi connectivity index (χ4v) is 1.81. The highest BCUT2D eigenvalue weighted by Gasteiger charge is 2.15. The number of aromatic nitrogens is 1. The van der Waals surface area contributed by atoms with Gasteiger partial charge in [0.15, 0.2) is 0 Å². The van der Waals surface area contributed by atoms with E-state index in [1.165, 1.54) is 0 Å². The summed E-state index contributed by atoms with van der Waals surface area (Å²) in [6.45, 7) is 4.86. The summed E-state index contributed by atoms with van der Waals surface area (Å²) in [6.07, 6.45) is 0.870. The number of amides is 1. The number of aliphatic hydroxyl groups is 1. The molecule has 0 fully saturated rings. The maximum Gasteiger partial charge on any atom is 0.254 e. The normalized spacial score (nSPS) is 10.2. The molecular weight excluding hydrogens is 230 g/mol. The lowest BCUT2D eigenvalue weighted by Gasteiger charge is -2.21. The van der Waals surface area contributed by atoms with Gasteiger partial charge in [-0.3, -0.25) is 4.79 Å². The predicted octanol–water partition coefficient (Wildman–Crippen LogP) is 1.28. The number of aryl methyl sites for hydroxylation is 1. The molecule has 0 aliphatic carbocycles. The third-order valence-corrected chi connectivity index (χ3v) is 2.61. The molecule has 0 aromatic carbocycles. The smallest absolute Gasteiger partial charge is 0.254 e. The van der Waals surface area contributed by atoms with Crippen molar-refractivity contribution in [3.63, 3.8) is 0 Å². The van der Waals surface area contributed by atoms with Crippen LogP contribution in [0.1, 0.15) is 29.4 Å². The Morgan fingerprint density at radius 1 is 1.44 bits per heavy atom. The SMILES string of the molecule is CCCN(CCO)C(=O)c1cc(C)nc(NC)c1. The van der Waals surface area contributed by atoms with E-state index >= 15 is 0 Å². The van der Waals surface area contributed by atoms with E-state index in [2.05, 4.69) is 10.3 Å². The van der Waals surface area contributed by atoms with Gasteiger partial charge >= 0.3 is 0 Å². The summed E-state index contributed by atoms with van der Waals surface area (Å²) < 4.78 is 0. The van der Waals surface area contributed by atoms with E-state index in [1.54, 1.807) is 24.1 Å². The van der Waals surface area contributed by atoms with Crippen LogP contribution in [0, 0.1) is 6.92 Å². The Bertz CT molecular complexity index is 401. The second-order valence-electron chi connectivity index (χ2n) is 4.15. The van der Waals surface area contributed by atoms with Crippen LogP contribution in [0.4, 0.5) is 5.82 Å². The first-order valence-electron chi connectivity index (χ1n) is 6.19. The highest BCUT2D eigenvalue weighted by Crippen LogP contribution is 2.12. The number of hydrogen-bond acceptors (Lipinski definition) is 4. The number of aliphatic hydroxyl groups excluding tert-OH is 1. The first-order valence-corrected chi connectivity index (χ1v) is 6.19. The van der Waals surface area contributed by atoms with Crippen molar-refractivity contribution in [1.29, 1.82) is 0 Å². The average molecular weight is 251 g/mol. The molecule has 2 N–H and O–H groups in total. The first kappa shape index (κ1) is 14.4. The highest BCUT2D eigenvalue weighted by molar-refractivity contribution is 5.95. The van der Waals surface area contributed by atoms with E-state index in [9.17, 15) is 4.79 Å². The monoisotopic (exact) mass is 251 g/mol. The second-order valence-corrected chi connectivity index (χ2v) is 4.15. The molecule has 0 atom stereocenters. The number of nitrogens with one attached hydrogen (secondary N) is 1. The summed E-state index contributed by atoms with van der Waals surface area (Å²) in [5, 5.41) is 11.9. The Morgan fingerprint density at radius 3 is 2.72 bits per heavy atom. The quantitative estimate of drug-likeness (QED) is 0.799. The molecule has 5 heteroatoms. The van der Waals surface area contributed by atoms with Crippen molar-refractivity contribution in [1.82, 2.24) is 9.88 Å². The maximum absolute atomic E-state index is 12.3. The molecule has 0 aliphatic heterocycles. The molecule has 1 rings (SSSR count). The van der Waals surface area contributed by atoms with Crippen LogP contribution in [0.25, 0.3) is 0 Å². The summed E-state index contributed by atoms with van der Waals surface area (Å²) in [5.74, 6) is 0.617. The maximum atomic E-state index is 12.3. The Hall–Kier alpha value is -1.62. The summed E-state index contributed by atoms with van der Waals surface area (Å²) in [7, 11) is 1.77. The van der Waals surface area contributed by atoms with Crippen LogP contribution in [-0.4, -0.2) is 47.6 Å². The Labute approximate surface area is 108 Å². The van der Waals surface area contributed by atoms with Crippen molar-refractivity contribution in [2.24, 2.45) is 0 Å². The predicted molar refractivity (Wildman–Crippen MR) is 71.8 cm³/mol. The molecule has 100 valence electrons. The fourth-order valence-electron chi connectivity index (χ4n) is 1.81. The van der Waals surface area contributed by atoms with Gasteiger partial charge in [0, 0.05) is 31.4 Å². The summed E-state index contributed by atoms with van der Waals surface area (Å²) >= 11 is 0. The minimum Gasteiger partial charge on any atom is -0.395 e. The van der Waals surface area contributed by atoms with Gasteiger partial charge in [-0.1, -0.05) is 6.92 Å². The number of hydrogen-bond donors (Lipinski definition) is 2. The van der Waals surface area contributed by atoms with Gasteiger partial charge in [0.1, 0.15) is 5.82 Å². The zero-order valence-corrected chi connectivity index (χ0v) is 11.2. The molecule has 0 radical (unpaired) electrons. The van der Waals surface area contributed by atoms with Gasteiger partial charge < -0.3 is 15.3 Å². The molecule has 1 aromatic rings. The number of nitrogens with zero attached hydrogens (tertiary/aromatic N) is 2. The minimum atomic E-state index is -0.0621. The fraction of sp³-hybridized carbons (Fsp3) is 0.538. The van der Waals surface area contributed by atoms with E-state index in [-0.39, 0.29) is 12.5 Å². The van der Waals surface area contributed by atoms with Gasteiger partial charge in [-0.15, -0.1) is 0 Å². The minimum absolute atomic E-state index is 0.0192. The molecular formula is C13H21N3O2. The van der Waals surface area contributed by atoms with Gasteiger partial charge in [-0.05, 0) is 25.5 Å².